The topological polar surface area (TPSA) is 110 Å². The zero-order chi connectivity index (χ0) is 30.7. The van der Waals surface area contributed by atoms with Crippen LogP contribution in [0.5, 0.6) is 6.01 Å². The Morgan fingerprint density at radius 1 is 0.932 bits per heavy atom. The Hall–Kier alpha value is -4.29. The maximum absolute atomic E-state index is 13.0. The third-order valence-corrected chi connectivity index (χ3v) is 13.0. The highest BCUT2D eigenvalue weighted by Crippen LogP contribution is 2.42. The molecule has 1 N–H and O–H groups in total. The van der Waals surface area contributed by atoms with Gasteiger partial charge in [0, 0.05) is 12.3 Å². The number of hydrogen-bond donors (Lipinski definition) is 1. The molecule has 3 aromatic carbocycles. The van der Waals surface area contributed by atoms with Gasteiger partial charge in [-0.2, -0.15) is 10.5 Å². The van der Waals surface area contributed by atoms with Crippen LogP contribution in [0.15, 0.2) is 108 Å². The first-order valence-corrected chi connectivity index (χ1v) is 16.5. The minimum absolute atomic E-state index is 0.105. The molecule has 4 aromatic rings. The Kier molecular flexibility index (Phi) is 8.37. The molecule has 2 aliphatic rings. The maximum atomic E-state index is 13.0. The number of benzene rings is 3. The number of rotatable bonds is 9. The van der Waals surface area contributed by atoms with Gasteiger partial charge in [0.1, 0.15) is 6.10 Å². The van der Waals surface area contributed by atoms with Crippen molar-refractivity contribution in [2.24, 2.45) is 0 Å². The summed E-state index contributed by atoms with van der Waals surface area (Å²) in [6.45, 7) is 6.86. The van der Waals surface area contributed by atoms with Crippen LogP contribution < -0.4 is 26.1 Å². The van der Waals surface area contributed by atoms with Crippen molar-refractivity contribution in [2.75, 3.05) is 6.61 Å². The van der Waals surface area contributed by atoms with E-state index in [0.29, 0.717) is 0 Å². The van der Waals surface area contributed by atoms with E-state index in [0.717, 1.165) is 15.9 Å². The number of nitrogens with zero attached hydrogens (tertiary/aromatic N) is 2. The normalized spacial score (nSPS) is 20.8. The van der Waals surface area contributed by atoms with Crippen LogP contribution in [-0.4, -0.2) is 48.9 Å². The Balaban J connectivity index is 1.27. The van der Waals surface area contributed by atoms with Gasteiger partial charge >= 0.3 is 12.1 Å². The minimum atomic E-state index is -2.92. The first-order chi connectivity index (χ1) is 21.3. The summed E-state index contributed by atoms with van der Waals surface area (Å²) in [6, 6.07) is 31.4. The summed E-state index contributed by atoms with van der Waals surface area (Å²) < 4.78 is 27.1. The molecule has 3 unspecified atom stereocenters. The summed E-state index contributed by atoms with van der Waals surface area (Å²) in [4.78, 5) is 34.2. The summed E-state index contributed by atoms with van der Waals surface area (Å²) in [6.07, 6.45) is -2.24. The molecule has 1 fully saturated rings. The fourth-order valence-corrected chi connectivity index (χ4v) is 10.6. The largest absolute Gasteiger partial charge is 0.452 e. The summed E-state index contributed by atoms with van der Waals surface area (Å²) in [7, 11) is -2.92. The first kappa shape index (κ1) is 29.8. The summed E-state index contributed by atoms with van der Waals surface area (Å²) >= 11 is 0. The lowest BCUT2D eigenvalue weighted by molar-refractivity contribution is -0.0531. The molecule has 0 aliphatic carbocycles. The lowest BCUT2D eigenvalue weighted by Crippen LogP contribution is -2.67. The molecule has 0 spiro atoms. The fraction of sp³-hybridized carbons (Fsp3) is 0.303. The summed E-state index contributed by atoms with van der Waals surface area (Å²) in [5.41, 5.74) is 2.81. The minimum Gasteiger partial charge on any atom is -0.452 e. The highest BCUT2D eigenvalue weighted by atomic mass is 28.4. The van der Waals surface area contributed by atoms with Gasteiger partial charge in [-0.3, -0.25) is 14.2 Å². The van der Waals surface area contributed by atoms with Gasteiger partial charge in [-0.05, 0) is 21.0 Å². The van der Waals surface area contributed by atoms with Crippen LogP contribution in [0.3, 0.4) is 0 Å². The number of aromatic nitrogens is 2. The van der Waals surface area contributed by atoms with Crippen LogP contribution in [0.25, 0.3) is 0 Å². The van der Waals surface area contributed by atoms with E-state index in [9.17, 15) is 9.59 Å². The number of amides is 1. The van der Waals surface area contributed by atoms with Gasteiger partial charge in [-0.25, -0.2) is 4.79 Å². The number of hydroxylamine groups is 1. The van der Waals surface area contributed by atoms with E-state index in [4.69, 9.17) is 23.5 Å². The zero-order valence-corrected chi connectivity index (χ0v) is 25.8. The highest BCUT2D eigenvalue weighted by Gasteiger charge is 2.56. The molecule has 1 amide bonds. The number of carbonyl (C=O) groups excluding carboxylic acids is 1. The molecule has 6 rings (SSSR count). The van der Waals surface area contributed by atoms with E-state index >= 15 is 0 Å². The molecular formula is C33H35N3O7Si. The lowest BCUT2D eigenvalue weighted by atomic mass is 10.1. The van der Waals surface area contributed by atoms with Crippen LogP contribution >= 0.6 is 0 Å². The van der Waals surface area contributed by atoms with E-state index in [1.54, 1.807) is 10.8 Å². The van der Waals surface area contributed by atoms with Crippen LogP contribution in [0.1, 0.15) is 32.6 Å². The second-order valence-corrected chi connectivity index (χ2v) is 16.1. The second kappa shape index (κ2) is 12.4. The van der Waals surface area contributed by atoms with E-state index in [2.05, 4.69) is 55.5 Å². The Labute approximate surface area is 256 Å². The number of fused-ring (bicyclic) bond motifs is 3. The molecule has 0 saturated carbocycles. The van der Waals surface area contributed by atoms with Crippen LogP contribution in [0, 0.1) is 0 Å². The van der Waals surface area contributed by atoms with Crippen molar-refractivity contribution in [3.8, 4) is 6.01 Å². The molecule has 0 bridgehead atoms. The van der Waals surface area contributed by atoms with Gasteiger partial charge < -0.3 is 18.6 Å². The van der Waals surface area contributed by atoms with Crippen molar-refractivity contribution in [2.45, 2.75) is 57.0 Å². The molecule has 3 heterocycles. The standard InChI is InChI=1S/C33H35N3O7Si/c1-33(2,3)44(24-15-9-5-10-16-24,25-17-11-6-12-18-25)40-22-26-28(43-32(38)35-39-21-23-13-7-4-8-14-23)29-30(41-26)36-20-19-27(37)34-31(36)42-29/h4-20,26,28-30H,21-22H2,1-3H3,(H,35,38)/t26-,28?,29?,30?/m1/s1. The van der Waals surface area contributed by atoms with Crippen molar-refractivity contribution in [3.05, 3.63) is 119 Å². The number of nitrogens with one attached hydrogen (secondary N) is 1. The Morgan fingerprint density at radius 2 is 1.55 bits per heavy atom. The SMILES string of the molecule is CC(C)(C)[Si](OC[C@H]1OC2C(Oc3nc(=O)ccn32)C1OC(=O)NOCc1ccccc1)(c1ccccc1)c1ccccc1. The molecule has 1 aromatic heterocycles. The van der Waals surface area contributed by atoms with Crippen molar-refractivity contribution in [1.29, 1.82) is 0 Å². The first-order valence-electron chi connectivity index (χ1n) is 14.5. The Morgan fingerprint density at radius 3 is 2.16 bits per heavy atom. The molecule has 2 aliphatic heterocycles. The van der Waals surface area contributed by atoms with Crippen LogP contribution in [0.4, 0.5) is 4.79 Å². The predicted molar refractivity (Wildman–Crippen MR) is 165 cm³/mol. The molecule has 4 atom stereocenters. The third kappa shape index (κ3) is 5.79. The van der Waals surface area contributed by atoms with Gasteiger partial charge in [-0.15, -0.1) is 0 Å². The van der Waals surface area contributed by atoms with Crippen molar-refractivity contribution in [1.82, 2.24) is 15.0 Å². The van der Waals surface area contributed by atoms with E-state index in [1.807, 2.05) is 66.7 Å². The monoisotopic (exact) mass is 613 g/mol. The average Bonchev–Trinajstić information content (AvgIpc) is 3.53. The van der Waals surface area contributed by atoms with E-state index in [1.165, 1.54) is 6.07 Å². The van der Waals surface area contributed by atoms with Crippen molar-refractivity contribution >= 4 is 24.8 Å². The van der Waals surface area contributed by atoms with Gasteiger partial charge in [0.15, 0.2) is 18.4 Å². The van der Waals surface area contributed by atoms with Gasteiger partial charge in [0.05, 0.1) is 13.2 Å². The number of ether oxygens (including phenoxy) is 3. The maximum Gasteiger partial charge on any atom is 0.431 e. The fourth-order valence-electron chi connectivity index (χ4n) is 6.00. The molecular weight excluding hydrogens is 578 g/mol. The molecule has 10 nitrogen and oxygen atoms in total. The van der Waals surface area contributed by atoms with Crippen LogP contribution in [-0.2, 0) is 25.3 Å². The predicted octanol–water partition coefficient (Wildman–Crippen LogP) is 3.70. The lowest BCUT2D eigenvalue weighted by Gasteiger charge is -2.43. The smallest absolute Gasteiger partial charge is 0.431 e. The van der Waals surface area contributed by atoms with Gasteiger partial charge in [0.2, 0.25) is 0 Å². The number of hydrogen-bond acceptors (Lipinski definition) is 8. The molecule has 0 radical (unpaired) electrons. The third-order valence-electron chi connectivity index (χ3n) is 7.97. The van der Waals surface area contributed by atoms with Gasteiger partial charge in [-0.1, -0.05) is 112 Å². The molecule has 228 valence electrons. The molecule has 1 saturated heterocycles. The van der Waals surface area contributed by atoms with Gasteiger partial charge in [0.25, 0.3) is 13.9 Å². The van der Waals surface area contributed by atoms with Crippen LogP contribution in [0.2, 0.25) is 5.04 Å². The average molecular weight is 614 g/mol. The quantitative estimate of drug-likeness (QED) is 0.225. The summed E-state index contributed by atoms with van der Waals surface area (Å²) in [5, 5.41) is 1.96. The molecule has 11 heteroatoms. The zero-order valence-electron chi connectivity index (χ0n) is 24.8. The van der Waals surface area contributed by atoms with Crippen molar-refractivity contribution < 1.29 is 28.3 Å². The van der Waals surface area contributed by atoms with E-state index < -0.39 is 44.5 Å². The molecule has 44 heavy (non-hydrogen) atoms. The van der Waals surface area contributed by atoms with Crippen molar-refractivity contribution in [3.63, 3.8) is 0 Å². The Bertz CT molecular complexity index is 1590. The van der Waals surface area contributed by atoms with E-state index in [-0.39, 0.29) is 24.3 Å². The highest BCUT2D eigenvalue weighted by molar-refractivity contribution is 6.99. The summed E-state index contributed by atoms with van der Waals surface area (Å²) in [5.74, 6) is 0. The second-order valence-electron chi connectivity index (χ2n) is 11.8. The number of carbonyl (C=O) groups is 1.